The molecule has 4 heterocycles. The lowest BCUT2D eigenvalue weighted by atomic mass is 10.0. The molecule has 0 radical (unpaired) electrons. The lowest BCUT2D eigenvalue weighted by Gasteiger charge is -2.45. The fourth-order valence-electron chi connectivity index (χ4n) is 5.98. The number of aryl methyl sites for hydroxylation is 2. The summed E-state index contributed by atoms with van der Waals surface area (Å²) in [5.74, 6) is -1.02. The van der Waals surface area contributed by atoms with Crippen molar-refractivity contribution in [2.24, 2.45) is 14.1 Å². The Balaban J connectivity index is 1.34. The minimum atomic E-state index is -0.608. The molecule has 1 aliphatic rings. The number of amides is 2. The second-order valence-corrected chi connectivity index (χ2v) is 12.9. The number of ether oxygens (including phenoxy) is 2. The Labute approximate surface area is 271 Å². The fraction of sp³-hybridized carbons (Fsp3) is 0.394. The maximum atomic E-state index is 14.8. The maximum absolute atomic E-state index is 14.8. The third-order valence-corrected chi connectivity index (χ3v) is 8.02. The van der Waals surface area contributed by atoms with Crippen LogP contribution in [0.4, 0.5) is 20.6 Å². The number of nitrogens with zero attached hydrogens (tertiary/aromatic N) is 8. The van der Waals surface area contributed by atoms with E-state index in [0.717, 1.165) is 11.4 Å². The molecule has 0 unspecified atom stereocenters. The van der Waals surface area contributed by atoms with Gasteiger partial charge in [0, 0.05) is 67.9 Å². The average molecular weight is 644 g/mol. The number of aromatic nitrogens is 6. The molecule has 0 aliphatic carbocycles. The molecule has 1 aliphatic heterocycles. The van der Waals surface area contributed by atoms with Crippen molar-refractivity contribution in [2.45, 2.75) is 58.9 Å². The molecule has 1 N–H and O–H groups in total. The van der Waals surface area contributed by atoms with Gasteiger partial charge in [-0.05, 0) is 65.0 Å². The summed E-state index contributed by atoms with van der Waals surface area (Å²) < 4.78 is 29.6. The van der Waals surface area contributed by atoms with E-state index in [0.29, 0.717) is 29.4 Å². The van der Waals surface area contributed by atoms with Crippen LogP contribution < -0.4 is 15.0 Å². The van der Waals surface area contributed by atoms with E-state index in [1.165, 1.54) is 10.7 Å². The summed E-state index contributed by atoms with van der Waals surface area (Å²) in [7, 11) is 3.52. The van der Waals surface area contributed by atoms with Crippen molar-refractivity contribution in [2.75, 3.05) is 23.3 Å². The number of nitrogens with one attached hydrogen (secondary N) is 1. The minimum Gasteiger partial charge on any atom is -0.457 e. The highest BCUT2D eigenvalue weighted by atomic mass is 19.1. The normalized spacial score (nSPS) is 16.9. The second-order valence-electron chi connectivity index (χ2n) is 12.9. The zero-order valence-electron chi connectivity index (χ0n) is 27.5. The monoisotopic (exact) mass is 643 g/mol. The summed E-state index contributed by atoms with van der Waals surface area (Å²) in [4.78, 5) is 39.9. The molecular formula is C33H38FN9O4. The summed E-state index contributed by atoms with van der Waals surface area (Å²) in [6.45, 7) is 10.7. The van der Waals surface area contributed by atoms with E-state index in [4.69, 9.17) is 14.5 Å². The van der Waals surface area contributed by atoms with Crippen LogP contribution in [0.3, 0.4) is 0 Å². The van der Waals surface area contributed by atoms with E-state index < -0.39 is 17.3 Å². The zero-order valence-corrected chi connectivity index (χ0v) is 27.5. The molecule has 14 heteroatoms. The van der Waals surface area contributed by atoms with Gasteiger partial charge in [-0.3, -0.25) is 19.1 Å². The number of hydrogen-bond acceptors (Lipinski definition) is 9. The van der Waals surface area contributed by atoms with Crippen LogP contribution >= 0.6 is 0 Å². The van der Waals surface area contributed by atoms with E-state index >= 15 is 0 Å². The first kappa shape index (κ1) is 31.7. The first-order valence-corrected chi connectivity index (χ1v) is 15.4. The molecule has 0 spiro atoms. The van der Waals surface area contributed by atoms with E-state index in [1.807, 2.05) is 53.8 Å². The third kappa shape index (κ3) is 6.53. The maximum Gasteiger partial charge on any atom is 0.410 e. The van der Waals surface area contributed by atoms with Gasteiger partial charge >= 0.3 is 12.1 Å². The van der Waals surface area contributed by atoms with Gasteiger partial charge in [-0.25, -0.2) is 14.2 Å². The van der Waals surface area contributed by atoms with E-state index in [-0.39, 0.29) is 47.6 Å². The Morgan fingerprint density at radius 3 is 2.49 bits per heavy atom. The van der Waals surface area contributed by atoms with E-state index in [2.05, 4.69) is 25.4 Å². The van der Waals surface area contributed by atoms with Gasteiger partial charge in [0.15, 0.2) is 5.82 Å². The van der Waals surface area contributed by atoms with Crippen molar-refractivity contribution in [1.29, 1.82) is 0 Å². The molecule has 0 saturated carbocycles. The second kappa shape index (κ2) is 12.2. The fourth-order valence-corrected chi connectivity index (χ4v) is 5.98. The predicted octanol–water partition coefficient (Wildman–Crippen LogP) is 5.05. The Kier molecular flexibility index (Phi) is 8.20. The summed E-state index contributed by atoms with van der Waals surface area (Å²) in [6.07, 6.45) is 4.64. The molecule has 1 fully saturated rings. The zero-order chi connectivity index (χ0) is 33.6. The van der Waals surface area contributed by atoms with Crippen LogP contribution in [0, 0.1) is 5.82 Å². The number of carbonyl (C=O) groups is 2. The number of carbonyl (C=O) groups excluding carboxylic acids is 2. The molecule has 47 heavy (non-hydrogen) atoms. The number of piperazine rings is 1. The quantitative estimate of drug-likeness (QED) is 0.270. The van der Waals surface area contributed by atoms with Gasteiger partial charge in [0.1, 0.15) is 17.7 Å². The molecule has 246 valence electrons. The first-order chi connectivity index (χ1) is 22.3. The van der Waals surface area contributed by atoms with Gasteiger partial charge in [-0.1, -0.05) is 0 Å². The predicted molar refractivity (Wildman–Crippen MR) is 175 cm³/mol. The van der Waals surface area contributed by atoms with Gasteiger partial charge in [-0.2, -0.15) is 15.2 Å². The summed E-state index contributed by atoms with van der Waals surface area (Å²) >= 11 is 0. The van der Waals surface area contributed by atoms with Crippen LogP contribution in [0.15, 0.2) is 48.9 Å². The largest absolute Gasteiger partial charge is 0.457 e. The Bertz CT molecular complexity index is 1970. The molecule has 6 rings (SSSR count). The summed E-state index contributed by atoms with van der Waals surface area (Å²) in [5.41, 5.74) is 2.15. The van der Waals surface area contributed by atoms with Gasteiger partial charge in [0.05, 0.1) is 28.9 Å². The number of fused-ring (bicyclic) bond motifs is 2. The SMILES string of the molecule is C[C@@H]1CN(c2ccc(C(=O)Nc3cc(F)c4nn(C)cc4c3)c3nc(OCc4ccnn4C)ncc23)C[C@H](C)N1C(=O)OC(C)(C)C. The van der Waals surface area contributed by atoms with Crippen molar-refractivity contribution in [3.8, 4) is 6.01 Å². The molecule has 0 bridgehead atoms. The first-order valence-electron chi connectivity index (χ1n) is 15.4. The number of anilines is 2. The van der Waals surface area contributed by atoms with Crippen LogP contribution in [0.2, 0.25) is 0 Å². The highest BCUT2D eigenvalue weighted by Gasteiger charge is 2.36. The van der Waals surface area contributed by atoms with Crippen molar-refractivity contribution in [3.05, 3.63) is 66.0 Å². The standard InChI is InChI=1S/C33H38FN9O4/c1-19-15-42(16-20(2)43(19)32(45)47-33(3,4)5)27-9-8-24(30(44)37-22-12-21-17-40(6)39-28(21)26(34)13-22)29-25(27)14-35-31(38-29)46-18-23-10-11-36-41(23)7/h8-14,17,19-20H,15-16,18H2,1-7H3,(H,37,44)/t19-,20+. The summed E-state index contributed by atoms with van der Waals surface area (Å²) in [6, 6.07) is 8.05. The number of benzene rings is 2. The van der Waals surface area contributed by atoms with Crippen LogP contribution in [-0.4, -0.2) is 77.2 Å². The van der Waals surface area contributed by atoms with Crippen molar-refractivity contribution < 1.29 is 23.5 Å². The van der Waals surface area contributed by atoms with E-state index in [9.17, 15) is 14.0 Å². The lowest BCUT2D eigenvalue weighted by Crippen LogP contribution is -2.59. The lowest BCUT2D eigenvalue weighted by molar-refractivity contribution is 0.00566. The molecule has 13 nitrogen and oxygen atoms in total. The summed E-state index contributed by atoms with van der Waals surface area (Å²) in [5, 5.41) is 12.3. The van der Waals surface area contributed by atoms with Crippen molar-refractivity contribution in [3.63, 3.8) is 0 Å². The number of rotatable bonds is 6. The smallest absolute Gasteiger partial charge is 0.410 e. The van der Waals surface area contributed by atoms with Crippen LogP contribution in [0.25, 0.3) is 21.8 Å². The highest BCUT2D eigenvalue weighted by Crippen LogP contribution is 2.33. The van der Waals surface area contributed by atoms with Gasteiger partial charge in [-0.15, -0.1) is 0 Å². The van der Waals surface area contributed by atoms with Gasteiger partial charge < -0.3 is 19.7 Å². The minimum absolute atomic E-state index is 0.0872. The van der Waals surface area contributed by atoms with Crippen LogP contribution in [0.1, 0.15) is 50.7 Å². The molecular weight excluding hydrogens is 605 g/mol. The molecule has 2 atom stereocenters. The molecule has 2 amide bonds. The number of hydrogen-bond donors (Lipinski definition) is 1. The Hall–Kier alpha value is -5.27. The van der Waals surface area contributed by atoms with Crippen molar-refractivity contribution >= 4 is 45.2 Å². The molecule has 3 aromatic heterocycles. The van der Waals surface area contributed by atoms with E-state index in [1.54, 1.807) is 47.4 Å². The van der Waals surface area contributed by atoms with Crippen molar-refractivity contribution in [1.82, 2.24) is 34.4 Å². The van der Waals surface area contributed by atoms with Crippen LogP contribution in [0.5, 0.6) is 6.01 Å². The Morgan fingerprint density at radius 2 is 1.81 bits per heavy atom. The third-order valence-electron chi connectivity index (χ3n) is 8.02. The highest BCUT2D eigenvalue weighted by molar-refractivity contribution is 6.14. The van der Waals surface area contributed by atoms with Crippen LogP contribution in [-0.2, 0) is 25.4 Å². The molecule has 5 aromatic rings. The number of halogens is 1. The van der Waals surface area contributed by atoms with Gasteiger partial charge in [0.25, 0.3) is 5.91 Å². The molecule has 1 saturated heterocycles. The Morgan fingerprint density at radius 1 is 1.06 bits per heavy atom. The van der Waals surface area contributed by atoms with Gasteiger partial charge in [0.2, 0.25) is 0 Å². The molecule has 2 aromatic carbocycles. The average Bonchev–Trinajstić information content (AvgIpc) is 3.58. The topological polar surface area (TPSA) is 133 Å².